The van der Waals surface area contributed by atoms with Gasteiger partial charge in [-0.3, -0.25) is 39.2 Å². The Morgan fingerprint density at radius 1 is 0.787 bits per heavy atom. The van der Waals surface area contributed by atoms with Gasteiger partial charge >= 0.3 is 0 Å². The largest absolute Gasteiger partial charge is 0.492 e. The fourth-order valence-electron chi connectivity index (χ4n) is 9.60. The first-order chi connectivity index (χ1) is 29.6. The number of anilines is 1. The van der Waals surface area contributed by atoms with Crippen molar-refractivity contribution in [1.29, 1.82) is 0 Å². The Bertz CT molecular complexity index is 2270. The lowest BCUT2D eigenvalue weighted by molar-refractivity contribution is -0.136. The first-order valence-electron chi connectivity index (χ1n) is 21.5. The Balaban J connectivity index is 0.826. The van der Waals surface area contributed by atoms with E-state index < -0.39 is 35.5 Å². The molecule has 4 amide bonds. The maximum Gasteiger partial charge on any atom is 0.262 e. The van der Waals surface area contributed by atoms with Crippen molar-refractivity contribution in [1.82, 2.24) is 20.0 Å². The molecule has 3 unspecified atom stereocenters. The molecule has 1 N–H and O–H groups in total. The summed E-state index contributed by atoms with van der Waals surface area (Å²) in [6.07, 6.45) is 3.01. The SMILES string of the molecule is CC1CN(c2cc3c(cc2F)C(=O)N(C2CCC(=O)NC2=O)C3=O)CC(C)N1CC1CCN(CCOc2ccc(C(=C(CCCl)c3ccccc3)c3ccccc3)cc2)CC1. The smallest absolute Gasteiger partial charge is 0.262 e. The third-order valence-corrected chi connectivity index (χ3v) is 13.0. The standard InChI is InChI=1S/C49H53ClFN5O5/c1-32-29-54(44-28-41-40(27-42(44)51)48(59)56(49(41)60)43-17-18-45(57)52-47(43)58)30-33(2)55(32)31-34-20-23-53(24-21-34)25-26-61-38-15-13-37(14-16-38)46(36-11-7-4-8-12-36)39(19-22-50)35-9-5-3-6-10-35/h3-16,27-28,32-34,43H,17-26,29-31H2,1-2H3,(H,52,57,58). The van der Waals surface area contributed by atoms with Gasteiger partial charge in [0.15, 0.2) is 0 Å². The number of benzene rings is 4. The molecule has 61 heavy (non-hydrogen) atoms. The average Bonchev–Trinajstić information content (AvgIpc) is 3.50. The molecule has 4 aliphatic heterocycles. The minimum Gasteiger partial charge on any atom is -0.492 e. The summed E-state index contributed by atoms with van der Waals surface area (Å²) in [4.78, 5) is 58.7. The summed E-state index contributed by atoms with van der Waals surface area (Å²) in [5, 5.41) is 2.20. The second kappa shape index (κ2) is 18.7. The zero-order valence-electron chi connectivity index (χ0n) is 34.8. The monoisotopic (exact) mass is 845 g/mol. The van der Waals surface area contributed by atoms with E-state index in [1.54, 1.807) is 0 Å². The van der Waals surface area contributed by atoms with Crippen LogP contribution in [0.25, 0.3) is 11.1 Å². The highest BCUT2D eigenvalue weighted by Gasteiger charge is 2.45. The number of piperazine rings is 1. The van der Waals surface area contributed by atoms with E-state index in [0.717, 1.165) is 73.3 Å². The van der Waals surface area contributed by atoms with E-state index in [1.165, 1.54) is 22.8 Å². The first kappa shape index (κ1) is 42.3. The molecule has 0 bridgehead atoms. The number of alkyl halides is 1. The highest BCUT2D eigenvalue weighted by Crippen LogP contribution is 2.37. The van der Waals surface area contributed by atoms with Gasteiger partial charge < -0.3 is 9.64 Å². The number of ether oxygens (including phenoxy) is 1. The zero-order chi connectivity index (χ0) is 42.6. The molecule has 0 aliphatic carbocycles. The van der Waals surface area contributed by atoms with E-state index in [4.69, 9.17) is 16.3 Å². The number of halogens is 2. The maximum atomic E-state index is 15.7. The highest BCUT2D eigenvalue weighted by molar-refractivity contribution is 6.24. The molecule has 10 nitrogen and oxygen atoms in total. The molecule has 4 aliphatic rings. The molecular weight excluding hydrogens is 793 g/mol. The van der Waals surface area contributed by atoms with Crippen LogP contribution in [0, 0.1) is 11.7 Å². The van der Waals surface area contributed by atoms with Crippen LogP contribution in [-0.2, 0) is 9.59 Å². The van der Waals surface area contributed by atoms with Crippen LogP contribution < -0.4 is 15.0 Å². The highest BCUT2D eigenvalue weighted by atomic mass is 35.5. The summed E-state index contributed by atoms with van der Waals surface area (Å²) < 4.78 is 22.0. The topological polar surface area (TPSA) is 102 Å². The molecule has 8 rings (SSSR count). The van der Waals surface area contributed by atoms with E-state index in [-0.39, 0.29) is 41.7 Å². The number of rotatable bonds is 13. The predicted octanol–water partition coefficient (Wildman–Crippen LogP) is 7.50. The lowest BCUT2D eigenvalue weighted by Crippen LogP contribution is -2.58. The molecular formula is C49H53ClFN5O5. The van der Waals surface area contributed by atoms with Gasteiger partial charge in [0.2, 0.25) is 11.8 Å². The van der Waals surface area contributed by atoms with Crippen LogP contribution in [0.3, 0.4) is 0 Å². The van der Waals surface area contributed by atoms with Crippen LogP contribution in [0.5, 0.6) is 5.75 Å². The third kappa shape index (κ3) is 9.15. The van der Waals surface area contributed by atoms with Gasteiger partial charge in [-0.25, -0.2) is 4.39 Å². The maximum absolute atomic E-state index is 15.7. The molecule has 0 saturated carbocycles. The van der Waals surface area contributed by atoms with E-state index in [0.29, 0.717) is 31.5 Å². The van der Waals surface area contributed by atoms with Gasteiger partial charge in [0.25, 0.3) is 11.8 Å². The number of nitrogens with zero attached hydrogens (tertiary/aromatic N) is 4. The van der Waals surface area contributed by atoms with Crippen LogP contribution in [0.2, 0.25) is 0 Å². The van der Waals surface area contributed by atoms with Gasteiger partial charge in [-0.15, -0.1) is 11.6 Å². The van der Waals surface area contributed by atoms with Crippen LogP contribution >= 0.6 is 11.6 Å². The van der Waals surface area contributed by atoms with E-state index >= 15 is 4.39 Å². The van der Waals surface area contributed by atoms with Crippen molar-refractivity contribution in [2.45, 2.75) is 64.1 Å². The Hall–Kier alpha value is -5.36. The van der Waals surface area contributed by atoms with Gasteiger partial charge in [0.05, 0.1) is 16.8 Å². The summed E-state index contributed by atoms with van der Waals surface area (Å²) in [6.45, 7) is 9.90. The number of piperidine rings is 2. The van der Waals surface area contributed by atoms with E-state index in [2.05, 4.69) is 102 Å². The molecule has 0 radical (unpaired) electrons. The minimum absolute atomic E-state index is 0.0243. The Labute approximate surface area is 362 Å². The molecule has 318 valence electrons. The van der Waals surface area contributed by atoms with Gasteiger partial charge in [-0.1, -0.05) is 72.8 Å². The number of nitrogens with one attached hydrogen (secondary N) is 1. The van der Waals surface area contributed by atoms with Crippen molar-refractivity contribution in [3.8, 4) is 5.75 Å². The quantitative estimate of drug-likeness (QED) is 0.0839. The number of carbonyl (C=O) groups is 4. The number of hydrogen-bond acceptors (Lipinski definition) is 8. The van der Waals surface area contributed by atoms with Crippen LogP contribution in [0.4, 0.5) is 10.1 Å². The number of likely N-dealkylation sites (tertiary alicyclic amines) is 1. The summed E-state index contributed by atoms with van der Waals surface area (Å²) in [7, 11) is 0. The number of amides is 4. The average molecular weight is 846 g/mol. The summed E-state index contributed by atoms with van der Waals surface area (Å²) in [5.74, 6) is -1.12. The van der Waals surface area contributed by atoms with E-state index in [1.807, 2.05) is 17.0 Å². The Morgan fingerprint density at radius 2 is 1.39 bits per heavy atom. The molecule has 3 saturated heterocycles. The van der Waals surface area contributed by atoms with Crippen molar-refractivity contribution >= 4 is 52.1 Å². The molecule has 0 aromatic heterocycles. The van der Waals surface area contributed by atoms with Crippen molar-refractivity contribution in [3.63, 3.8) is 0 Å². The molecule has 4 heterocycles. The van der Waals surface area contributed by atoms with Crippen molar-refractivity contribution in [2.75, 3.05) is 56.7 Å². The van der Waals surface area contributed by atoms with Gasteiger partial charge in [0.1, 0.15) is 24.2 Å². The van der Waals surface area contributed by atoms with Crippen molar-refractivity contribution in [3.05, 3.63) is 131 Å². The predicted molar refractivity (Wildman–Crippen MR) is 236 cm³/mol. The lowest BCUT2D eigenvalue weighted by atomic mass is 9.88. The van der Waals surface area contributed by atoms with E-state index in [9.17, 15) is 19.2 Å². The van der Waals surface area contributed by atoms with Crippen LogP contribution in [0.1, 0.15) is 83.4 Å². The fourth-order valence-corrected chi connectivity index (χ4v) is 9.79. The van der Waals surface area contributed by atoms with Crippen LogP contribution in [-0.4, -0.2) is 108 Å². The number of imide groups is 2. The summed E-state index contributed by atoms with van der Waals surface area (Å²) in [5.41, 5.74) is 6.16. The summed E-state index contributed by atoms with van der Waals surface area (Å²) in [6, 6.07) is 31.1. The number of fused-ring (bicyclic) bond motifs is 1. The number of hydrogen-bond donors (Lipinski definition) is 1. The van der Waals surface area contributed by atoms with Gasteiger partial charge in [0, 0.05) is 50.6 Å². The van der Waals surface area contributed by atoms with Crippen molar-refractivity contribution in [2.24, 2.45) is 5.92 Å². The Kier molecular flexibility index (Phi) is 13.0. The van der Waals surface area contributed by atoms with Crippen LogP contribution in [0.15, 0.2) is 97.1 Å². The van der Waals surface area contributed by atoms with Crippen molar-refractivity contribution < 1.29 is 28.3 Å². The van der Waals surface area contributed by atoms with Gasteiger partial charge in [-0.05, 0) is 111 Å². The number of carbonyl (C=O) groups excluding carboxylic acids is 4. The lowest BCUT2D eigenvalue weighted by Gasteiger charge is -2.47. The molecule has 12 heteroatoms. The minimum atomic E-state index is -1.09. The summed E-state index contributed by atoms with van der Waals surface area (Å²) >= 11 is 6.35. The molecule has 0 spiro atoms. The molecule has 3 atom stereocenters. The third-order valence-electron chi connectivity index (χ3n) is 12.8. The Morgan fingerprint density at radius 3 is 2.02 bits per heavy atom. The molecule has 4 aromatic rings. The second-order valence-electron chi connectivity index (χ2n) is 16.8. The normalized spacial score (nSPS) is 22.0. The first-order valence-corrected chi connectivity index (χ1v) is 22.0. The molecule has 4 aromatic carbocycles. The van der Waals surface area contributed by atoms with Gasteiger partial charge in [-0.2, -0.15) is 0 Å². The second-order valence-corrected chi connectivity index (χ2v) is 17.2. The fraction of sp³-hybridized carbons (Fsp3) is 0.388. The number of allylic oxidation sites excluding steroid dienone is 1. The zero-order valence-corrected chi connectivity index (χ0v) is 35.6. The molecule has 3 fully saturated rings.